The highest BCUT2D eigenvalue weighted by atomic mass is 35.5. The Morgan fingerprint density at radius 3 is 2.62 bits per heavy atom. The molecule has 0 aliphatic rings. The molecule has 0 bridgehead atoms. The second-order valence-electron chi connectivity index (χ2n) is 3.57. The van der Waals surface area contributed by atoms with Gasteiger partial charge in [-0.25, -0.2) is 24.7 Å². The lowest BCUT2D eigenvalue weighted by Crippen LogP contribution is -2.19. The Morgan fingerprint density at radius 2 is 1.95 bits per heavy atom. The number of thioether (sulfide) groups is 1. The molecular formula is C11H8ClN5O3S. The van der Waals surface area contributed by atoms with Crippen molar-refractivity contribution >= 4 is 41.1 Å². The molecule has 21 heavy (non-hydrogen) atoms. The number of carboxylic acids is 1. The average molecular weight is 326 g/mol. The van der Waals surface area contributed by atoms with E-state index in [1.165, 1.54) is 30.4 Å². The Bertz CT molecular complexity index is 712. The van der Waals surface area contributed by atoms with Gasteiger partial charge >= 0.3 is 5.97 Å². The number of amides is 1. The van der Waals surface area contributed by atoms with Crippen LogP contribution in [0.3, 0.4) is 0 Å². The third kappa shape index (κ3) is 3.44. The molecule has 2 aromatic rings. The summed E-state index contributed by atoms with van der Waals surface area (Å²) in [6.45, 7) is 0. The zero-order valence-corrected chi connectivity index (χ0v) is 12.1. The fraction of sp³-hybridized carbons (Fsp3) is 0.0909. The predicted octanol–water partition coefficient (Wildman–Crippen LogP) is 1.59. The molecule has 0 saturated heterocycles. The zero-order valence-electron chi connectivity index (χ0n) is 10.6. The Morgan fingerprint density at radius 1 is 1.24 bits per heavy atom. The van der Waals surface area contributed by atoms with Crippen LogP contribution in [0.15, 0.2) is 23.7 Å². The van der Waals surface area contributed by atoms with Gasteiger partial charge in [-0.1, -0.05) is 23.4 Å². The number of hydrogen-bond donors (Lipinski definition) is 2. The topological polar surface area (TPSA) is 118 Å². The fourth-order valence-corrected chi connectivity index (χ4v) is 1.88. The van der Waals surface area contributed by atoms with E-state index in [0.717, 1.165) is 0 Å². The van der Waals surface area contributed by atoms with Crippen molar-refractivity contribution in [2.75, 3.05) is 11.6 Å². The minimum atomic E-state index is -1.31. The zero-order chi connectivity index (χ0) is 15.4. The van der Waals surface area contributed by atoms with Crippen molar-refractivity contribution < 1.29 is 14.7 Å². The van der Waals surface area contributed by atoms with Crippen LogP contribution in [0.1, 0.15) is 21.0 Å². The molecule has 0 fully saturated rings. The summed E-state index contributed by atoms with van der Waals surface area (Å²) in [5.74, 6) is -2.19. The molecule has 0 saturated carbocycles. The number of carbonyl (C=O) groups excluding carboxylic acids is 1. The van der Waals surface area contributed by atoms with Crippen molar-refractivity contribution in [3.63, 3.8) is 0 Å². The number of nitrogens with one attached hydrogen (secondary N) is 1. The van der Waals surface area contributed by atoms with Crippen LogP contribution in [-0.4, -0.2) is 43.2 Å². The van der Waals surface area contributed by atoms with Gasteiger partial charge in [0.2, 0.25) is 0 Å². The third-order valence-corrected chi connectivity index (χ3v) is 3.09. The maximum atomic E-state index is 12.1. The van der Waals surface area contributed by atoms with E-state index in [9.17, 15) is 9.59 Å². The number of halogens is 1. The number of carboxylic acid groups (broad SMARTS) is 1. The lowest BCUT2D eigenvalue weighted by Gasteiger charge is -2.07. The van der Waals surface area contributed by atoms with Gasteiger partial charge < -0.3 is 10.4 Å². The molecule has 1 amide bonds. The molecule has 0 spiro atoms. The number of aromatic carboxylic acids is 1. The first kappa shape index (κ1) is 15.1. The molecule has 2 heterocycles. The van der Waals surface area contributed by atoms with E-state index in [-0.39, 0.29) is 22.2 Å². The highest BCUT2D eigenvalue weighted by Gasteiger charge is 2.19. The predicted molar refractivity (Wildman–Crippen MR) is 75.8 cm³/mol. The minimum absolute atomic E-state index is 0.0473. The maximum Gasteiger partial charge on any atom is 0.358 e. The molecule has 0 aliphatic carbocycles. The largest absolute Gasteiger partial charge is 0.476 e. The quantitative estimate of drug-likeness (QED) is 0.642. The van der Waals surface area contributed by atoms with Crippen molar-refractivity contribution in [1.82, 2.24) is 19.9 Å². The summed E-state index contributed by atoms with van der Waals surface area (Å²) in [5, 5.41) is 11.7. The second-order valence-corrected chi connectivity index (χ2v) is 4.75. The SMILES string of the molecule is CSc1ncc(Cl)c(C(=O)Nc2nccnc2C(=O)O)n1. The fourth-order valence-electron chi connectivity index (χ4n) is 1.36. The molecule has 0 aromatic carbocycles. The number of carbonyl (C=O) groups is 2. The molecule has 10 heteroatoms. The second kappa shape index (κ2) is 6.46. The molecule has 2 N–H and O–H groups in total. The van der Waals surface area contributed by atoms with Gasteiger partial charge in [0, 0.05) is 12.4 Å². The van der Waals surface area contributed by atoms with Crippen LogP contribution in [0, 0.1) is 0 Å². The van der Waals surface area contributed by atoms with Gasteiger partial charge in [0.15, 0.2) is 22.4 Å². The molecule has 0 unspecified atom stereocenters. The van der Waals surface area contributed by atoms with E-state index in [1.54, 1.807) is 6.26 Å². The third-order valence-electron chi connectivity index (χ3n) is 2.25. The summed E-state index contributed by atoms with van der Waals surface area (Å²) in [5.41, 5.74) is -0.445. The Kier molecular flexibility index (Phi) is 4.66. The summed E-state index contributed by atoms with van der Waals surface area (Å²) >= 11 is 7.11. The van der Waals surface area contributed by atoms with E-state index < -0.39 is 11.9 Å². The first-order chi connectivity index (χ1) is 10.0. The van der Waals surface area contributed by atoms with Gasteiger partial charge in [-0.2, -0.15) is 0 Å². The first-order valence-corrected chi connectivity index (χ1v) is 7.05. The normalized spacial score (nSPS) is 10.2. The van der Waals surface area contributed by atoms with Crippen molar-refractivity contribution in [1.29, 1.82) is 0 Å². The van der Waals surface area contributed by atoms with E-state index in [0.29, 0.717) is 5.16 Å². The molecule has 2 rings (SSSR count). The van der Waals surface area contributed by atoms with Crippen molar-refractivity contribution in [3.8, 4) is 0 Å². The maximum absolute atomic E-state index is 12.1. The lowest BCUT2D eigenvalue weighted by atomic mass is 10.3. The monoisotopic (exact) mass is 325 g/mol. The van der Waals surface area contributed by atoms with Crippen LogP contribution >= 0.6 is 23.4 Å². The molecular weight excluding hydrogens is 318 g/mol. The van der Waals surface area contributed by atoms with E-state index >= 15 is 0 Å². The molecule has 0 radical (unpaired) electrons. The average Bonchev–Trinajstić information content (AvgIpc) is 2.48. The number of nitrogens with zero attached hydrogens (tertiary/aromatic N) is 4. The summed E-state index contributed by atoms with van der Waals surface area (Å²) in [6, 6.07) is 0. The van der Waals surface area contributed by atoms with E-state index in [2.05, 4.69) is 25.3 Å². The summed E-state index contributed by atoms with van der Waals surface area (Å²) in [7, 11) is 0. The van der Waals surface area contributed by atoms with E-state index in [4.69, 9.17) is 16.7 Å². The van der Waals surface area contributed by atoms with Crippen molar-refractivity contribution in [3.05, 3.63) is 35.0 Å². The molecule has 0 aliphatic heterocycles. The smallest absolute Gasteiger partial charge is 0.358 e. The Labute approximate surface area is 128 Å². The first-order valence-electron chi connectivity index (χ1n) is 5.45. The van der Waals surface area contributed by atoms with Crippen LogP contribution in [0.5, 0.6) is 0 Å². The van der Waals surface area contributed by atoms with Crippen molar-refractivity contribution in [2.45, 2.75) is 5.16 Å². The number of hydrogen-bond acceptors (Lipinski definition) is 7. The summed E-state index contributed by atoms with van der Waals surface area (Å²) in [6.07, 6.45) is 5.51. The number of anilines is 1. The van der Waals surface area contributed by atoms with Gasteiger partial charge in [0.1, 0.15) is 0 Å². The summed E-state index contributed by atoms with van der Waals surface area (Å²) in [4.78, 5) is 38.4. The van der Waals surface area contributed by atoms with Gasteiger partial charge in [-0.3, -0.25) is 4.79 Å². The molecule has 2 aromatic heterocycles. The van der Waals surface area contributed by atoms with Crippen LogP contribution in [0.4, 0.5) is 5.82 Å². The van der Waals surface area contributed by atoms with Crippen molar-refractivity contribution in [2.24, 2.45) is 0 Å². The standard InChI is InChI=1S/C11H8ClN5O3S/c1-21-11-15-4-5(12)6(16-11)9(18)17-8-7(10(19)20)13-2-3-14-8/h2-4H,1H3,(H,19,20)(H,14,17,18). The number of rotatable bonds is 4. The Balaban J connectivity index is 2.33. The van der Waals surface area contributed by atoms with Crippen LogP contribution in [-0.2, 0) is 0 Å². The Hall–Kier alpha value is -2.26. The van der Waals surface area contributed by atoms with Gasteiger partial charge in [-0.05, 0) is 6.26 Å². The highest BCUT2D eigenvalue weighted by Crippen LogP contribution is 2.18. The van der Waals surface area contributed by atoms with Crippen LogP contribution in [0.25, 0.3) is 0 Å². The van der Waals surface area contributed by atoms with Crippen LogP contribution < -0.4 is 5.32 Å². The molecule has 0 atom stereocenters. The van der Waals surface area contributed by atoms with E-state index in [1.807, 2.05) is 0 Å². The van der Waals surface area contributed by atoms with Crippen LogP contribution in [0.2, 0.25) is 5.02 Å². The minimum Gasteiger partial charge on any atom is -0.476 e. The highest BCUT2D eigenvalue weighted by molar-refractivity contribution is 7.98. The van der Waals surface area contributed by atoms with Gasteiger partial charge in [0.05, 0.1) is 11.2 Å². The van der Waals surface area contributed by atoms with Gasteiger partial charge in [0.25, 0.3) is 5.91 Å². The lowest BCUT2D eigenvalue weighted by molar-refractivity contribution is 0.0691. The molecule has 8 nitrogen and oxygen atoms in total. The molecule has 108 valence electrons. The number of aromatic nitrogens is 4. The van der Waals surface area contributed by atoms with Gasteiger partial charge in [-0.15, -0.1) is 0 Å². The summed E-state index contributed by atoms with van der Waals surface area (Å²) < 4.78 is 0.